The molecule has 0 unspecified atom stereocenters. The summed E-state index contributed by atoms with van der Waals surface area (Å²) in [4.78, 5) is 25.3. The molecule has 0 heterocycles. The van der Waals surface area contributed by atoms with E-state index in [1.165, 1.54) is 63.1 Å². The first-order valence-corrected chi connectivity index (χ1v) is 12.7. The Morgan fingerprint density at radius 2 is 1.56 bits per heavy atom. The van der Waals surface area contributed by atoms with Crippen molar-refractivity contribution in [1.82, 2.24) is 5.32 Å². The van der Waals surface area contributed by atoms with Gasteiger partial charge in [-0.1, -0.05) is 24.3 Å². The summed E-state index contributed by atoms with van der Waals surface area (Å²) >= 11 is 0. The molecule has 2 aliphatic carbocycles. The minimum Gasteiger partial charge on any atom is -0.353 e. The van der Waals surface area contributed by atoms with Crippen LogP contribution in [0.1, 0.15) is 73.7 Å². The van der Waals surface area contributed by atoms with Crippen molar-refractivity contribution in [3.05, 3.63) is 65.5 Å². The molecule has 0 atom stereocenters. The number of halogens is 1. The van der Waals surface area contributed by atoms with Gasteiger partial charge in [0.05, 0.1) is 6.42 Å². The van der Waals surface area contributed by atoms with Crippen LogP contribution in [0.15, 0.2) is 48.5 Å². The van der Waals surface area contributed by atoms with Crippen molar-refractivity contribution in [2.45, 2.75) is 76.3 Å². The summed E-state index contributed by atoms with van der Waals surface area (Å²) in [5.74, 6) is 0.710. The summed E-state index contributed by atoms with van der Waals surface area (Å²) < 4.78 is 13.5. The maximum absolute atomic E-state index is 13.5. The smallest absolute Gasteiger partial charge is 0.255 e. The van der Waals surface area contributed by atoms with Crippen molar-refractivity contribution >= 4 is 17.5 Å². The molecule has 5 nitrogen and oxygen atoms in total. The predicted octanol–water partition coefficient (Wildman–Crippen LogP) is 5.20. The lowest BCUT2D eigenvalue weighted by Crippen LogP contribution is -2.39. The fourth-order valence-electron chi connectivity index (χ4n) is 5.51. The van der Waals surface area contributed by atoms with E-state index in [9.17, 15) is 14.0 Å². The van der Waals surface area contributed by atoms with E-state index in [1.54, 1.807) is 12.1 Å². The van der Waals surface area contributed by atoms with E-state index in [2.05, 4.69) is 10.6 Å². The number of hydrogen-bond acceptors (Lipinski definition) is 3. The second-order valence-corrected chi connectivity index (χ2v) is 10.1. The minimum absolute atomic E-state index is 0.0304. The number of amides is 2. The summed E-state index contributed by atoms with van der Waals surface area (Å²) in [6, 6.07) is 13.5. The molecule has 2 amide bonds. The van der Waals surface area contributed by atoms with Crippen molar-refractivity contribution in [3.63, 3.8) is 0 Å². The van der Waals surface area contributed by atoms with Crippen molar-refractivity contribution in [2.75, 3.05) is 5.32 Å². The van der Waals surface area contributed by atoms with Crippen LogP contribution in [0.25, 0.3) is 0 Å². The van der Waals surface area contributed by atoms with Gasteiger partial charge in [0.1, 0.15) is 5.82 Å². The Bertz CT molecular complexity index is 979. The monoisotopic (exact) mass is 465 g/mol. The second-order valence-electron chi connectivity index (χ2n) is 10.1. The van der Waals surface area contributed by atoms with Crippen molar-refractivity contribution in [1.29, 1.82) is 0 Å². The van der Waals surface area contributed by atoms with Gasteiger partial charge >= 0.3 is 0 Å². The number of nitrogens with one attached hydrogen (secondary N) is 2. The Hall–Kier alpha value is -2.73. The molecule has 0 aromatic heterocycles. The van der Waals surface area contributed by atoms with Crippen LogP contribution in [0.2, 0.25) is 0 Å². The lowest BCUT2D eigenvalue weighted by molar-refractivity contribution is -0.121. The molecule has 0 spiro atoms. The number of carbonyl (C=O) groups excluding carboxylic acids is 2. The van der Waals surface area contributed by atoms with Crippen LogP contribution in [0.5, 0.6) is 0 Å². The van der Waals surface area contributed by atoms with Gasteiger partial charge in [0.15, 0.2) is 0 Å². The second kappa shape index (κ2) is 11.6. The molecule has 34 heavy (non-hydrogen) atoms. The molecule has 0 radical (unpaired) electrons. The van der Waals surface area contributed by atoms with Crippen LogP contribution >= 0.6 is 0 Å². The Balaban J connectivity index is 1.25. The highest BCUT2D eigenvalue weighted by Crippen LogP contribution is 2.35. The Kier molecular flexibility index (Phi) is 8.33. The van der Waals surface area contributed by atoms with E-state index in [-0.39, 0.29) is 23.9 Å². The number of nitrogens with two attached hydrogens (primary N) is 1. The van der Waals surface area contributed by atoms with E-state index in [0.29, 0.717) is 11.7 Å². The molecule has 2 aromatic rings. The lowest BCUT2D eigenvalue weighted by atomic mass is 9.76. The molecule has 2 saturated carbocycles. The Morgan fingerprint density at radius 1 is 0.882 bits per heavy atom. The van der Waals surface area contributed by atoms with Gasteiger partial charge in [-0.05, 0) is 99.5 Å². The fraction of sp³-hybridized carbons (Fsp3) is 0.500. The van der Waals surface area contributed by atoms with Crippen LogP contribution in [0, 0.1) is 17.7 Å². The summed E-state index contributed by atoms with van der Waals surface area (Å²) in [6.45, 7) is 0. The fourth-order valence-corrected chi connectivity index (χ4v) is 5.51. The normalized spacial score (nSPS) is 24.9. The number of para-hydroxylation sites is 1. The molecule has 182 valence electrons. The average Bonchev–Trinajstić information content (AvgIpc) is 2.83. The van der Waals surface area contributed by atoms with E-state index in [4.69, 9.17) is 5.73 Å². The molecule has 6 heteroatoms. The molecular formula is C28H36FN3O2. The molecule has 4 N–H and O–H groups in total. The zero-order chi connectivity index (χ0) is 23.9. The van der Waals surface area contributed by atoms with Gasteiger partial charge < -0.3 is 16.4 Å². The topological polar surface area (TPSA) is 84.2 Å². The zero-order valence-electron chi connectivity index (χ0n) is 19.8. The number of anilines is 1. The first-order valence-electron chi connectivity index (χ1n) is 12.7. The molecule has 0 saturated heterocycles. The van der Waals surface area contributed by atoms with Gasteiger partial charge in [-0.3, -0.25) is 9.59 Å². The number of rotatable bonds is 7. The van der Waals surface area contributed by atoms with Gasteiger partial charge in [-0.25, -0.2) is 4.39 Å². The highest BCUT2D eigenvalue weighted by atomic mass is 19.1. The molecule has 2 aromatic carbocycles. The van der Waals surface area contributed by atoms with Crippen LogP contribution in [0.4, 0.5) is 10.1 Å². The molecule has 2 fully saturated rings. The molecule has 4 rings (SSSR count). The van der Waals surface area contributed by atoms with Crippen LogP contribution < -0.4 is 16.4 Å². The number of carbonyl (C=O) groups is 2. The van der Waals surface area contributed by atoms with Crippen LogP contribution in [0.3, 0.4) is 0 Å². The van der Waals surface area contributed by atoms with Crippen LogP contribution in [-0.4, -0.2) is 23.9 Å². The third-order valence-electron chi connectivity index (χ3n) is 7.47. The quantitative estimate of drug-likeness (QED) is 0.525. The lowest BCUT2D eigenvalue weighted by Gasteiger charge is -2.33. The molecular weight excluding hydrogens is 429 g/mol. The Labute approximate surface area is 201 Å². The highest BCUT2D eigenvalue weighted by molar-refractivity contribution is 6.04. The van der Waals surface area contributed by atoms with Crippen molar-refractivity contribution in [3.8, 4) is 0 Å². The third kappa shape index (κ3) is 6.89. The van der Waals surface area contributed by atoms with Crippen LogP contribution in [-0.2, 0) is 11.2 Å². The van der Waals surface area contributed by atoms with E-state index >= 15 is 0 Å². The molecule has 0 bridgehead atoms. The highest BCUT2D eigenvalue weighted by Gasteiger charge is 2.27. The summed E-state index contributed by atoms with van der Waals surface area (Å²) in [5.41, 5.74) is 7.60. The van der Waals surface area contributed by atoms with Crippen molar-refractivity contribution < 1.29 is 14.0 Å². The third-order valence-corrected chi connectivity index (χ3v) is 7.47. The summed E-state index contributed by atoms with van der Waals surface area (Å²) in [5, 5.41) is 6.02. The molecule has 2 aliphatic rings. The predicted molar refractivity (Wildman–Crippen MR) is 133 cm³/mol. The van der Waals surface area contributed by atoms with Gasteiger partial charge in [-0.2, -0.15) is 0 Å². The Morgan fingerprint density at radius 3 is 2.26 bits per heavy atom. The van der Waals surface area contributed by atoms with Gasteiger partial charge in [0.2, 0.25) is 5.91 Å². The zero-order valence-corrected chi connectivity index (χ0v) is 19.8. The SMILES string of the molecule is NC1CCC(CC2CCC(NC(=O)Cc3ccccc3NC(=O)c3cccc(F)c3)CC2)CC1. The number of hydrogen-bond donors (Lipinski definition) is 3. The number of benzene rings is 2. The maximum Gasteiger partial charge on any atom is 0.255 e. The minimum atomic E-state index is -0.460. The first-order chi connectivity index (χ1) is 16.5. The van der Waals surface area contributed by atoms with E-state index in [0.717, 1.165) is 30.2 Å². The molecule has 0 aliphatic heterocycles. The average molecular weight is 466 g/mol. The van der Waals surface area contributed by atoms with Gasteiger partial charge in [0.25, 0.3) is 5.91 Å². The van der Waals surface area contributed by atoms with Gasteiger partial charge in [-0.15, -0.1) is 0 Å². The van der Waals surface area contributed by atoms with E-state index < -0.39 is 11.7 Å². The summed E-state index contributed by atoms with van der Waals surface area (Å²) in [7, 11) is 0. The van der Waals surface area contributed by atoms with E-state index in [1.807, 2.05) is 18.2 Å². The van der Waals surface area contributed by atoms with Crippen molar-refractivity contribution in [2.24, 2.45) is 17.6 Å². The largest absolute Gasteiger partial charge is 0.353 e. The summed E-state index contributed by atoms with van der Waals surface area (Å²) in [6.07, 6.45) is 10.8. The standard InChI is InChI=1S/C28H36FN3O2/c29-23-6-3-5-22(17-23)28(34)32-26-7-2-1-4-21(26)18-27(33)31-25-14-10-20(11-15-25)16-19-8-12-24(30)13-9-19/h1-7,17,19-20,24-25H,8-16,18,30H2,(H,31,33)(H,32,34). The van der Waals surface area contributed by atoms with Gasteiger partial charge in [0, 0.05) is 23.3 Å². The first kappa shape index (κ1) is 24.4. The maximum atomic E-state index is 13.5.